The molecule has 116 valence electrons. The van der Waals surface area contributed by atoms with E-state index >= 15 is 0 Å². The molecule has 3 nitrogen and oxygen atoms in total. The van der Waals surface area contributed by atoms with Crippen molar-refractivity contribution in [1.29, 1.82) is 0 Å². The lowest BCUT2D eigenvalue weighted by atomic mass is 9.99. The predicted molar refractivity (Wildman–Crippen MR) is 86.9 cm³/mol. The SMILES string of the molecule is CCCCN1C(=O)C(C(C)CC)NC1c1ccc(C)cc1. The van der Waals surface area contributed by atoms with Crippen molar-refractivity contribution in [3.05, 3.63) is 35.4 Å². The lowest BCUT2D eigenvalue weighted by molar-refractivity contribution is -0.131. The van der Waals surface area contributed by atoms with Gasteiger partial charge in [0, 0.05) is 6.54 Å². The average Bonchev–Trinajstić information content (AvgIpc) is 2.82. The predicted octanol–water partition coefficient (Wildman–Crippen LogP) is 3.64. The summed E-state index contributed by atoms with van der Waals surface area (Å²) in [5.74, 6) is 0.639. The van der Waals surface area contributed by atoms with Gasteiger partial charge in [0.25, 0.3) is 0 Å². The number of unbranched alkanes of at least 4 members (excludes halogenated alkanes) is 1. The van der Waals surface area contributed by atoms with E-state index in [1.54, 1.807) is 0 Å². The largest absolute Gasteiger partial charge is 0.322 e. The van der Waals surface area contributed by atoms with E-state index in [-0.39, 0.29) is 18.1 Å². The zero-order valence-corrected chi connectivity index (χ0v) is 13.7. The zero-order chi connectivity index (χ0) is 15.4. The Balaban J connectivity index is 2.23. The molecule has 1 aromatic rings. The Morgan fingerprint density at radius 2 is 1.90 bits per heavy atom. The molecule has 1 fully saturated rings. The molecule has 3 atom stereocenters. The van der Waals surface area contributed by atoms with E-state index in [1.807, 2.05) is 4.90 Å². The smallest absolute Gasteiger partial charge is 0.241 e. The highest BCUT2D eigenvalue weighted by Crippen LogP contribution is 2.29. The molecule has 1 aliphatic heterocycles. The van der Waals surface area contributed by atoms with Gasteiger partial charge in [-0.25, -0.2) is 0 Å². The number of nitrogens with one attached hydrogen (secondary N) is 1. The average molecular weight is 288 g/mol. The first-order chi connectivity index (χ1) is 10.1. The highest BCUT2D eigenvalue weighted by atomic mass is 16.2. The molecule has 1 saturated heterocycles. The number of hydrogen-bond donors (Lipinski definition) is 1. The van der Waals surface area contributed by atoms with E-state index < -0.39 is 0 Å². The Morgan fingerprint density at radius 1 is 1.24 bits per heavy atom. The molecule has 0 radical (unpaired) electrons. The third-order valence-electron chi connectivity index (χ3n) is 4.56. The molecule has 1 aliphatic rings. The molecule has 3 unspecified atom stereocenters. The Kier molecular flexibility index (Phi) is 5.40. The van der Waals surface area contributed by atoms with Crippen LogP contribution >= 0.6 is 0 Å². The van der Waals surface area contributed by atoms with E-state index in [0.29, 0.717) is 5.92 Å². The topological polar surface area (TPSA) is 32.3 Å². The lowest BCUT2D eigenvalue weighted by Gasteiger charge is -2.24. The summed E-state index contributed by atoms with van der Waals surface area (Å²) in [4.78, 5) is 14.8. The summed E-state index contributed by atoms with van der Waals surface area (Å²) in [7, 11) is 0. The second-order valence-electron chi connectivity index (χ2n) is 6.23. The molecule has 1 heterocycles. The fourth-order valence-corrected chi connectivity index (χ4v) is 2.87. The number of nitrogens with zero attached hydrogens (tertiary/aromatic N) is 1. The van der Waals surface area contributed by atoms with Gasteiger partial charge in [0.05, 0.1) is 6.04 Å². The van der Waals surface area contributed by atoms with Crippen LogP contribution in [0.25, 0.3) is 0 Å². The number of aryl methyl sites for hydroxylation is 1. The monoisotopic (exact) mass is 288 g/mol. The zero-order valence-electron chi connectivity index (χ0n) is 13.7. The van der Waals surface area contributed by atoms with Gasteiger partial charge >= 0.3 is 0 Å². The van der Waals surface area contributed by atoms with E-state index in [2.05, 4.69) is 57.3 Å². The highest BCUT2D eigenvalue weighted by molar-refractivity contribution is 5.84. The molecule has 1 amide bonds. The number of carbonyl (C=O) groups excluding carboxylic acids is 1. The van der Waals surface area contributed by atoms with E-state index in [0.717, 1.165) is 25.8 Å². The maximum Gasteiger partial charge on any atom is 0.241 e. The number of rotatable bonds is 6. The molecule has 1 aromatic carbocycles. The van der Waals surface area contributed by atoms with Gasteiger partial charge in [-0.1, -0.05) is 63.4 Å². The van der Waals surface area contributed by atoms with Crippen molar-refractivity contribution < 1.29 is 4.79 Å². The fraction of sp³-hybridized carbons (Fsp3) is 0.611. The van der Waals surface area contributed by atoms with Crippen LogP contribution in [-0.4, -0.2) is 23.4 Å². The molecular formula is C18H28N2O. The molecule has 1 N–H and O–H groups in total. The summed E-state index contributed by atoms with van der Waals surface area (Å²) in [5.41, 5.74) is 2.44. The van der Waals surface area contributed by atoms with Crippen molar-refractivity contribution in [2.75, 3.05) is 6.54 Å². The minimum atomic E-state index is -0.0434. The molecule has 0 saturated carbocycles. The Hall–Kier alpha value is -1.35. The second kappa shape index (κ2) is 7.08. The maximum absolute atomic E-state index is 12.7. The van der Waals surface area contributed by atoms with Crippen molar-refractivity contribution in [3.63, 3.8) is 0 Å². The summed E-state index contributed by atoms with van der Waals surface area (Å²) in [6.07, 6.45) is 3.22. The van der Waals surface area contributed by atoms with Crippen LogP contribution in [0.3, 0.4) is 0 Å². The minimum absolute atomic E-state index is 0.0312. The van der Waals surface area contributed by atoms with Crippen LogP contribution in [0, 0.1) is 12.8 Å². The number of benzene rings is 1. The van der Waals surface area contributed by atoms with Crippen LogP contribution < -0.4 is 5.32 Å². The van der Waals surface area contributed by atoms with Crippen LogP contribution in [0.4, 0.5) is 0 Å². The van der Waals surface area contributed by atoms with Crippen molar-refractivity contribution in [3.8, 4) is 0 Å². The number of carbonyl (C=O) groups is 1. The number of hydrogen-bond acceptors (Lipinski definition) is 2. The van der Waals surface area contributed by atoms with Crippen LogP contribution in [0.1, 0.15) is 57.3 Å². The van der Waals surface area contributed by atoms with Crippen molar-refractivity contribution in [2.45, 2.75) is 59.2 Å². The molecule has 3 heteroatoms. The van der Waals surface area contributed by atoms with Gasteiger partial charge in [0.2, 0.25) is 5.91 Å². The van der Waals surface area contributed by atoms with Crippen LogP contribution in [-0.2, 0) is 4.79 Å². The molecule has 0 spiro atoms. The second-order valence-corrected chi connectivity index (χ2v) is 6.23. The van der Waals surface area contributed by atoms with Gasteiger partial charge in [-0.2, -0.15) is 0 Å². The van der Waals surface area contributed by atoms with Crippen molar-refractivity contribution in [2.24, 2.45) is 5.92 Å². The van der Waals surface area contributed by atoms with Gasteiger partial charge in [-0.15, -0.1) is 0 Å². The summed E-state index contributed by atoms with van der Waals surface area (Å²) in [5, 5.41) is 3.56. The first kappa shape index (κ1) is 16.0. The minimum Gasteiger partial charge on any atom is -0.322 e. The first-order valence-electron chi connectivity index (χ1n) is 8.21. The van der Waals surface area contributed by atoms with Gasteiger partial charge < -0.3 is 4.90 Å². The first-order valence-corrected chi connectivity index (χ1v) is 8.21. The maximum atomic E-state index is 12.7. The van der Waals surface area contributed by atoms with Gasteiger partial charge in [0.1, 0.15) is 6.17 Å². The quantitative estimate of drug-likeness (QED) is 0.866. The molecule has 0 bridgehead atoms. The Morgan fingerprint density at radius 3 is 2.48 bits per heavy atom. The van der Waals surface area contributed by atoms with Crippen molar-refractivity contribution in [1.82, 2.24) is 10.2 Å². The highest BCUT2D eigenvalue weighted by Gasteiger charge is 2.41. The summed E-state index contributed by atoms with van der Waals surface area (Å²) in [6, 6.07) is 8.47. The summed E-state index contributed by atoms with van der Waals surface area (Å²) in [6.45, 7) is 9.41. The van der Waals surface area contributed by atoms with Crippen LogP contribution in [0.2, 0.25) is 0 Å². The molecule has 21 heavy (non-hydrogen) atoms. The van der Waals surface area contributed by atoms with E-state index in [1.165, 1.54) is 11.1 Å². The van der Waals surface area contributed by atoms with Gasteiger partial charge in [0.15, 0.2) is 0 Å². The molecule has 0 aromatic heterocycles. The standard InChI is InChI=1S/C18H28N2O/c1-5-7-12-20-17(15-10-8-13(3)9-11-15)19-16(18(20)21)14(4)6-2/h8-11,14,16-17,19H,5-7,12H2,1-4H3. The molecule has 0 aliphatic carbocycles. The third kappa shape index (κ3) is 3.46. The number of amides is 1. The van der Waals surface area contributed by atoms with Gasteiger partial charge in [-0.3, -0.25) is 10.1 Å². The van der Waals surface area contributed by atoms with Crippen LogP contribution in [0.15, 0.2) is 24.3 Å². The normalized spacial score (nSPS) is 23.6. The van der Waals surface area contributed by atoms with Crippen LogP contribution in [0.5, 0.6) is 0 Å². The van der Waals surface area contributed by atoms with Gasteiger partial charge in [-0.05, 0) is 24.8 Å². The fourth-order valence-electron chi connectivity index (χ4n) is 2.87. The van der Waals surface area contributed by atoms with E-state index in [4.69, 9.17) is 0 Å². The summed E-state index contributed by atoms with van der Waals surface area (Å²) < 4.78 is 0. The lowest BCUT2D eigenvalue weighted by Crippen LogP contribution is -2.35. The Bertz CT molecular complexity index is 469. The molecule has 2 rings (SSSR count). The Labute approximate surface area is 128 Å². The van der Waals surface area contributed by atoms with E-state index in [9.17, 15) is 4.79 Å². The molecular weight excluding hydrogens is 260 g/mol. The van der Waals surface area contributed by atoms with Crippen molar-refractivity contribution >= 4 is 5.91 Å². The third-order valence-corrected chi connectivity index (χ3v) is 4.56. The summed E-state index contributed by atoms with van der Waals surface area (Å²) >= 11 is 0.